The zero-order valence-corrected chi connectivity index (χ0v) is 25.0. The Balaban J connectivity index is 1.19. The molecule has 0 radical (unpaired) electrons. The Bertz CT molecular complexity index is 1780. The number of anilines is 1. The lowest BCUT2D eigenvalue weighted by molar-refractivity contribution is -0.128. The van der Waals surface area contributed by atoms with E-state index in [0.717, 1.165) is 67.8 Å². The Hall–Kier alpha value is -4.43. The van der Waals surface area contributed by atoms with Gasteiger partial charge < -0.3 is 19.5 Å². The number of piperidine rings is 1. The van der Waals surface area contributed by atoms with Crippen LogP contribution in [0.15, 0.2) is 93.7 Å². The molecule has 0 saturated carbocycles. The Morgan fingerprint density at radius 2 is 1.75 bits per heavy atom. The van der Waals surface area contributed by atoms with E-state index >= 15 is 0 Å². The van der Waals surface area contributed by atoms with Crippen LogP contribution in [0.25, 0.3) is 11.0 Å². The van der Waals surface area contributed by atoms with Crippen LogP contribution in [0.4, 0.5) is 10.1 Å². The highest BCUT2D eigenvalue weighted by Crippen LogP contribution is 2.29. The molecule has 3 heterocycles. The predicted molar refractivity (Wildman–Crippen MR) is 169 cm³/mol. The lowest BCUT2D eigenvalue weighted by atomic mass is 9.97. The van der Waals surface area contributed by atoms with Crippen LogP contribution in [-0.4, -0.2) is 42.4 Å². The molecule has 2 aliphatic rings. The van der Waals surface area contributed by atoms with Gasteiger partial charge in [0.05, 0.1) is 11.4 Å². The van der Waals surface area contributed by atoms with Crippen molar-refractivity contribution in [2.24, 2.45) is 0 Å². The molecule has 0 unspecified atom stereocenters. The molecule has 2 saturated heterocycles. The second-order valence-electron chi connectivity index (χ2n) is 11.4. The van der Waals surface area contributed by atoms with Gasteiger partial charge in [0.15, 0.2) is 11.2 Å². The van der Waals surface area contributed by atoms with Gasteiger partial charge in [0, 0.05) is 55.4 Å². The second kappa shape index (κ2) is 13.1. The van der Waals surface area contributed by atoms with Crippen molar-refractivity contribution in [1.29, 1.82) is 0 Å². The van der Waals surface area contributed by atoms with Gasteiger partial charge >= 0.3 is 0 Å². The Kier molecular flexibility index (Phi) is 8.79. The van der Waals surface area contributed by atoms with Crippen molar-refractivity contribution in [3.8, 4) is 0 Å². The number of para-hydroxylation sites is 1. The van der Waals surface area contributed by atoms with Crippen LogP contribution in [0.2, 0.25) is 5.02 Å². The van der Waals surface area contributed by atoms with Gasteiger partial charge in [-0.1, -0.05) is 53.6 Å². The maximum Gasteiger partial charge on any atom is 0.287 e. The largest absolute Gasteiger partial charge is 0.451 e. The molecular weight excluding hydrogens is 581 g/mol. The van der Waals surface area contributed by atoms with Gasteiger partial charge in [-0.05, 0) is 67.1 Å². The van der Waals surface area contributed by atoms with Gasteiger partial charge in [-0.15, -0.1) is 0 Å². The summed E-state index contributed by atoms with van der Waals surface area (Å²) in [5.74, 6) is -1.06. The average Bonchev–Trinajstić information content (AvgIpc) is 3.42. The number of nitrogens with zero attached hydrogens (tertiary/aromatic N) is 2. The number of carbonyl (C=O) groups excluding carboxylic acids is 2. The number of benzene rings is 3. The van der Waals surface area contributed by atoms with Crippen molar-refractivity contribution in [3.63, 3.8) is 0 Å². The molecule has 2 amide bonds. The number of halogens is 2. The molecule has 7 nitrogen and oxygen atoms in total. The van der Waals surface area contributed by atoms with Crippen molar-refractivity contribution in [3.05, 3.63) is 122 Å². The van der Waals surface area contributed by atoms with Gasteiger partial charge in [0.1, 0.15) is 11.4 Å². The molecule has 1 N–H and O–H groups in total. The summed E-state index contributed by atoms with van der Waals surface area (Å²) in [6, 6.07) is 20.1. The summed E-state index contributed by atoms with van der Waals surface area (Å²) >= 11 is 6.10. The third-order valence-electron chi connectivity index (χ3n) is 8.31. The predicted octanol–water partition coefficient (Wildman–Crippen LogP) is 6.28. The number of hydrogen-bond acceptors (Lipinski definition) is 5. The first-order valence-corrected chi connectivity index (χ1v) is 15.3. The van der Waals surface area contributed by atoms with Gasteiger partial charge in [0.25, 0.3) is 5.91 Å². The van der Waals surface area contributed by atoms with Gasteiger partial charge in [-0.25, -0.2) is 4.39 Å². The Labute approximate surface area is 259 Å². The topological polar surface area (TPSA) is 82.9 Å². The average molecular weight is 614 g/mol. The number of rotatable bonds is 8. The number of fused-ring (bicyclic) bond motifs is 1. The molecule has 6 rings (SSSR count). The molecule has 0 aliphatic carbocycles. The molecule has 2 aliphatic heterocycles. The summed E-state index contributed by atoms with van der Waals surface area (Å²) < 4.78 is 19.5. The minimum absolute atomic E-state index is 0.0250. The van der Waals surface area contributed by atoms with Crippen LogP contribution in [0.5, 0.6) is 0 Å². The van der Waals surface area contributed by atoms with Crippen LogP contribution >= 0.6 is 11.6 Å². The van der Waals surface area contributed by atoms with Crippen molar-refractivity contribution in [1.82, 2.24) is 10.2 Å². The molecule has 9 heteroatoms. The lowest BCUT2D eigenvalue weighted by Gasteiger charge is -2.33. The standard InChI is InChI=1S/C35H33ClFN3O4/c36-26-9-7-23(8-10-26)18-28(38-35(43)33-21-31(41)29-12-11-27(37)20-32(29)44-33)19-24-13-16-39(17-14-24)30-5-2-1-4-25(30)22-40-15-3-6-34(40)42/h1-2,4-5,7-12,19-21,28H,3,6,13-18,22H2,(H,38,43)/t28-/m1/s1. The number of likely N-dealkylation sites (tertiary alicyclic amines) is 1. The van der Waals surface area contributed by atoms with E-state index in [9.17, 15) is 18.8 Å². The molecule has 0 spiro atoms. The quantitative estimate of drug-likeness (QED) is 0.237. The van der Waals surface area contributed by atoms with Crippen molar-refractivity contribution in [2.75, 3.05) is 24.5 Å². The van der Waals surface area contributed by atoms with Crippen LogP contribution in [0, 0.1) is 5.82 Å². The minimum Gasteiger partial charge on any atom is -0.451 e. The smallest absolute Gasteiger partial charge is 0.287 e. The second-order valence-corrected chi connectivity index (χ2v) is 11.8. The third kappa shape index (κ3) is 6.86. The zero-order chi connectivity index (χ0) is 30.6. The number of hydrogen-bond donors (Lipinski definition) is 1. The summed E-state index contributed by atoms with van der Waals surface area (Å²) in [7, 11) is 0. The molecule has 2 fully saturated rings. The fraction of sp³-hybridized carbons (Fsp3) is 0.286. The Morgan fingerprint density at radius 3 is 2.50 bits per heavy atom. The van der Waals surface area contributed by atoms with E-state index in [1.807, 2.05) is 41.3 Å². The van der Waals surface area contributed by atoms with E-state index in [1.54, 1.807) is 0 Å². The van der Waals surface area contributed by atoms with Crippen molar-refractivity contribution < 1.29 is 18.4 Å². The van der Waals surface area contributed by atoms with Crippen molar-refractivity contribution >= 4 is 40.1 Å². The van der Waals surface area contributed by atoms with E-state index in [4.69, 9.17) is 16.0 Å². The highest BCUT2D eigenvalue weighted by atomic mass is 35.5. The molecule has 0 bridgehead atoms. The van der Waals surface area contributed by atoms with E-state index in [0.29, 0.717) is 24.4 Å². The van der Waals surface area contributed by atoms with Crippen LogP contribution in [0.3, 0.4) is 0 Å². The fourth-order valence-corrected chi connectivity index (χ4v) is 6.15. The molecule has 44 heavy (non-hydrogen) atoms. The van der Waals surface area contributed by atoms with E-state index in [-0.39, 0.29) is 28.7 Å². The number of carbonyl (C=O) groups is 2. The maximum absolute atomic E-state index is 13.8. The molecule has 1 aromatic heterocycles. The maximum atomic E-state index is 13.8. The first-order valence-electron chi connectivity index (χ1n) is 14.9. The van der Waals surface area contributed by atoms with Gasteiger partial charge in [-0.2, -0.15) is 0 Å². The Morgan fingerprint density at radius 1 is 0.977 bits per heavy atom. The van der Waals surface area contributed by atoms with Crippen LogP contribution in [-0.2, 0) is 17.8 Å². The molecule has 3 aromatic carbocycles. The van der Waals surface area contributed by atoms with Crippen molar-refractivity contribution in [2.45, 2.75) is 44.7 Å². The normalized spacial score (nSPS) is 16.0. The van der Waals surface area contributed by atoms with Gasteiger partial charge in [-0.3, -0.25) is 14.4 Å². The molecule has 4 aromatic rings. The highest BCUT2D eigenvalue weighted by molar-refractivity contribution is 6.30. The molecule has 226 valence electrons. The monoisotopic (exact) mass is 613 g/mol. The first-order chi connectivity index (χ1) is 21.3. The summed E-state index contributed by atoms with van der Waals surface area (Å²) in [5, 5.41) is 3.86. The summed E-state index contributed by atoms with van der Waals surface area (Å²) in [6.07, 6.45) is 5.77. The molecule has 1 atom stereocenters. The fourth-order valence-electron chi connectivity index (χ4n) is 6.02. The van der Waals surface area contributed by atoms with E-state index < -0.39 is 17.2 Å². The van der Waals surface area contributed by atoms with Gasteiger partial charge in [0.2, 0.25) is 5.91 Å². The third-order valence-corrected chi connectivity index (χ3v) is 8.56. The van der Waals surface area contributed by atoms with Crippen LogP contribution < -0.4 is 15.6 Å². The summed E-state index contributed by atoms with van der Waals surface area (Å²) in [4.78, 5) is 42.5. The van der Waals surface area contributed by atoms with E-state index in [2.05, 4.69) is 28.4 Å². The number of amides is 2. The lowest BCUT2D eigenvalue weighted by Crippen LogP contribution is -2.37. The summed E-state index contributed by atoms with van der Waals surface area (Å²) in [5.41, 5.74) is 4.12. The van der Waals surface area contributed by atoms with Crippen LogP contribution in [0.1, 0.15) is 47.4 Å². The highest BCUT2D eigenvalue weighted by Gasteiger charge is 2.24. The summed E-state index contributed by atoms with van der Waals surface area (Å²) in [6.45, 7) is 3.05. The first kappa shape index (κ1) is 29.6. The van der Waals surface area contributed by atoms with E-state index in [1.165, 1.54) is 17.7 Å². The molecular formula is C35H33ClFN3O4. The zero-order valence-electron chi connectivity index (χ0n) is 24.2. The SMILES string of the molecule is O=C(N[C@@H](C=C1CCN(c2ccccc2CN2CCCC2=O)CC1)Cc1ccc(Cl)cc1)c1cc(=O)c2ccc(F)cc2o1. The number of nitrogens with one attached hydrogen (secondary N) is 1. The minimum atomic E-state index is -0.554.